The van der Waals surface area contributed by atoms with Gasteiger partial charge in [0.25, 0.3) is 0 Å². The van der Waals surface area contributed by atoms with E-state index in [4.69, 9.17) is 16.3 Å². The van der Waals surface area contributed by atoms with Crippen LogP contribution in [-0.4, -0.2) is 12.0 Å². The first-order valence-corrected chi connectivity index (χ1v) is 6.11. The predicted molar refractivity (Wildman–Crippen MR) is 73.3 cm³/mol. The van der Waals surface area contributed by atoms with Gasteiger partial charge in [-0.15, -0.1) is 0 Å². The van der Waals surface area contributed by atoms with Crippen LogP contribution in [0.1, 0.15) is 11.1 Å². The highest BCUT2D eigenvalue weighted by Crippen LogP contribution is 2.28. The molecule has 2 rings (SSSR count). The topological polar surface area (TPSA) is 34.2 Å². The first-order chi connectivity index (χ1) is 8.70. The van der Waals surface area contributed by atoms with Gasteiger partial charge in [-0.25, -0.2) is 4.98 Å². The Morgan fingerprint density at radius 1 is 1.33 bits per heavy atom. The minimum atomic E-state index is 0.609. The Balaban J connectivity index is 2.30. The molecule has 0 bridgehead atoms. The van der Waals surface area contributed by atoms with Gasteiger partial charge in [0.15, 0.2) is 0 Å². The second-order valence-electron chi connectivity index (χ2n) is 4.01. The number of nitrogens with one attached hydrogen (secondary N) is 1. The number of hydrogen-bond donors (Lipinski definition) is 1. The van der Waals surface area contributed by atoms with Gasteiger partial charge in [0.05, 0.1) is 0 Å². The van der Waals surface area contributed by atoms with E-state index < -0.39 is 0 Å². The summed E-state index contributed by atoms with van der Waals surface area (Å²) < 4.78 is 5.84. The monoisotopic (exact) mass is 262 g/mol. The zero-order valence-corrected chi connectivity index (χ0v) is 11.2. The van der Waals surface area contributed by atoms with Crippen LogP contribution < -0.4 is 10.1 Å². The van der Waals surface area contributed by atoms with Crippen molar-refractivity contribution in [3.8, 4) is 11.6 Å². The van der Waals surface area contributed by atoms with Gasteiger partial charge in [0, 0.05) is 23.3 Å². The number of ether oxygens (including phenoxy) is 1. The number of aryl methyl sites for hydroxylation is 1. The molecule has 0 spiro atoms. The van der Waals surface area contributed by atoms with Crippen molar-refractivity contribution in [3.05, 3.63) is 52.7 Å². The highest BCUT2D eigenvalue weighted by atomic mass is 35.5. The van der Waals surface area contributed by atoms with E-state index in [2.05, 4.69) is 10.3 Å². The van der Waals surface area contributed by atoms with Gasteiger partial charge in [-0.3, -0.25) is 0 Å². The summed E-state index contributed by atoms with van der Waals surface area (Å²) in [4.78, 5) is 4.26. The predicted octanol–water partition coefficient (Wildman–Crippen LogP) is 3.56. The van der Waals surface area contributed by atoms with Gasteiger partial charge >= 0.3 is 0 Å². The third kappa shape index (κ3) is 3.00. The van der Waals surface area contributed by atoms with Crippen LogP contribution in [0.2, 0.25) is 5.02 Å². The van der Waals surface area contributed by atoms with Gasteiger partial charge in [0.2, 0.25) is 5.88 Å². The number of hydrogen-bond acceptors (Lipinski definition) is 3. The second kappa shape index (κ2) is 5.85. The Morgan fingerprint density at radius 3 is 2.94 bits per heavy atom. The van der Waals surface area contributed by atoms with E-state index in [1.807, 2.05) is 38.2 Å². The van der Waals surface area contributed by atoms with Crippen LogP contribution in [0.3, 0.4) is 0 Å². The summed E-state index contributed by atoms with van der Waals surface area (Å²) >= 11 is 5.97. The molecule has 0 radical (unpaired) electrons. The first-order valence-electron chi connectivity index (χ1n) is 5.73. The lowest BCUT2D eigenvalue weighted by atomic mass is 10.2. The van der Waals surface area contributed by atoms with Gasteiger partial charge in [0.1, 0.15) is 5.75 Å². The van der Waals surface area contributed by atoms with Crippen LogP contribution in [0.25, 0.3) is 0 Å². The lowest BCUT2D eigenvalue weighted by Gasteiger charge is -2.11. The molecule has 0 fully saturated rings. The van der Waals surface area contributed by atoms with E-state index in [-0.39, 0.29) is 0 Å². The Hall–Kier alpha value is -1.58. The fraction of sp³-hybridized carbons (Fsp3) is 0.214. The molecule has 94 valence electrons. The van der Waals surface area contributed by atoms with Crippen LogP contribution in [0, 0.1) is 6.92 Å². The molecule has 1 N–H and O–H groups in total. The molecule has 1 aromatic heterocycles. The third-order valence-electron chi connectivity index (χ3n) is 2.57. The molecule has 0 unspecified atom stereocenters. The summed E-state index contributed by atoms with van der Waals surface area (Å²) in [6, 6.07) is 9.45. The molecule has 0 aliphatic rings. The summed E-state index contributed by atoms with van der Waals surface area (Å²) in [6.07, 6.45) is 1.72. The van der Waals surface area contributed by atoms with Crippen molar-refractivity contribution in [2.45, 2.75) is 13.5 Å². The second-order valence-corrected chi connectivity index (χ2v) is 4.45. The fourth-order valence-electron chi connectivity index (χ4n) is 1.63. The van der Waals surface area contributed by atoms with Gasteiger partial charge < -0.3 is 10.1 Å². The Kier molecular flexibility index (Phi) is 4.18. The third-order valence-corrected chi connectivity index (χ3v) is 2.81. The molecule has 3 nitrogen and oxygen atoms in total. The van der Waals surface area contributed by atoms with Crippen LogP contribution >= 0.6 is 11.6 Å². The number of benzene rings is 1. The molecule has 0 atom stereocenters. The maximum Gasteiger partial charge on any atom is 0.223 e. The summed E-state index contributed by atoms with van der Waals surface area (Å²) in [6.45, 7) is 2.69. The molecule has 4 heteroatoms. The molecule has 0 aliphatic carbocycles. The minimum Gasteiger partial charge on any atom is -0.438 e. The van der Waals surface area contributed by atoms with E-state index in [0.29, 0.717) is 17.4 Å². The maximum absolute atomic E-state index is 5.97. The zero-order valence-electron chi connectivity index (χ0n) is 10.4. The SMILES string of the molecule is CNCc1cccnc1Oc1cc(Cl)ccc1C. The van der Waals surface area contributed by atoms with Crippen LogP contribution in [0.15, 0.2) is 36.5 Å². The molecule has 1 heterocycles. The largest absolute Gasteiger partial charge is 0.438 e. The summed E-state index contributed by atoms with van der Waals surface area (Å²) in [5.74, 6) is 1.34. The number of aromatic nitrogens is 1. The minimum absolute atomic E-state index is 0.609. The van der Waals surface area contributed by atoms with Crippen molar-refractivity contribution in [1.82, 2.24) is 10.3 Å². The smallest absolute Gasteiger partial charge is 0.223 e. The lowest BCUT2D eigenvalue weighted by molar-refractivity contribution is 0.451. The normalized spacial score (nSPS) is 10.4. The standard InChI is InChI=1S/C14H15ClN2O/c1-10-5-6-12(15)8-13(10)18-14-11(9-16-2)4-3-7-17-14/h3-8,16H,9H2,1-2H3. The van der Waals surface area contributed by atoms with Crippen molar-refractivity contribution in [2.75, 3.05) is 7.05 Å². The van der Waals surface area contributed by atoms with Crippen molar-refractivity contribution in [3.63, 3.8) is 0 Å². The quantitative estimate of drug-likeness (QED) is 0.915. The van der Waals surface area contributed by atoms with Crippen LogP contribution in [0.5, 0.6) is 11.6 Å². The summed E-state index contributed by atoms with van der Waals surface area (Å²) in [7, 11) is 1.89. The molecular weight excluding hydrogens is 248 g/mol. The highest BCUT2D eigenvalue weighted by molar-refractivity contribution is 6.30. The molecule has 2 aromatic rings. The molecule has 18 heavy (non-hydrogen) atoms. The number of pyridine rings is 1. The average molecular weight is 263 g/mol. The highest BCUT2D eigenvalue weighted by Gasteiger charge is 2.07. The molecule has 0 saturated carbocycles. The van der Waals surface area contributed by atoms with E-state index in [9.17, 15) is 0 Å². The van der Waals surface area contributed by atoms with Crippen LogP contribution in [-0.2, 0) is 6.54 Å². The number of nitrogens with zero attached hydrogens (tertiary/aromatic N) is 1. The van der Waals surface area contributed by atoms with Gasteiger partial charge in [-0.05, 0) is 37.7 Å². The van der Waals surface area contributed by atoms with E-state index >= 15 is 0 Å². The molecule has 0 saturated heterocycles. The zero-order chi connectivity index (χ0) is 13.0. The van der Waals surface area contributed by atoms with Crippen molar-refractivity contribution in [1.29, 1.82) is 0 Å². The molecular formula is C14H15ClN2O. The number of halogens is 1. The molecule has 0 amide bonds. The van der Waals surface area contributed by atoms with Gasteiger partial charge in [-0.1, -0.05) is 23.7 Å². The Morgan fingerprint density at radius 2 is 2.17 bits per heavy atom. The van der Waals surface area contributed by atoms with Crippen LogP contribution in [0.4, 0.5) is 0 Å². The Labute approximate surface area is 112 Å². The maximum atomic E-state index is 5.97. The fourth-order valence-corrected chi connectivity index (χ4v) is 1.79. The van der Waals surface area contributed by atoms with E-state index in [0.717, 1.165) is 16.9 Å². The summed E-state index contributed by atoms with van der Waals surface area (Å²) in [5, 5.41) is 3.74. The van der Waals surface area contributed by atoms with E-state index in [1.165, 1.54) is 0 Å². The Bertz CT molecular complexity index is 543. The van der Waals surface area contributed by atoms with Crippen molar-refractivity contribution < 1.29 is 4.74 Å². The first kappa shape index (κ1) is 12.9. The summed E-state index contributed by atoms with van der Waals surface area (Å²) in [5.41, 5.74) is 2.04. The molecule has 0 aliphatic heterocycles. The van der Waals surface area contributed by atoms with Crippen molar-refractivity contribution >= 4 is 11.6 Å². The van der Waals surface area contributed by atoms with E-state index in [1.54, 1.807) is 12.3 Å². The molecule has 1 aromatic carbocycles. The number of rotatable bonds is 4. The lowest BCUT2D eigenvalue weighted by Crippen LogP contribution is -2.07. The average Bonchev–Trinajstić information content (AvgIpc) is 2.36. The van der Waals surface area contributed by atoms with Crippen molar-refractivity contribution in [2.24, 2.45) is 0 Å². The van der Waals surface area contributed by atoms with Gasteiger partial charge in [-0.2, -0.15) is 0 Å².